The average Bonchev–Trinajstić information content (AvgIpc) is 2.79. The number of anilines is 1. The number of methoxy groups -OCH3 is 2. The van der Waals surface area contributed by atoms with Crippen molar-refractivity contribution in [1.82, 2.24) is 0 Å². The maximum Gasteiger partial charge on any atom is 0.355 e. The number of benzene rings is 2. The van der Waals surface area contributed by atoms with Crippen molar-refractivity contribution in [2.24, 2.45) is 0 Å². The lowest BCUT2D eigenvalue weighted by atomic mass is 10.1. The molecule has 2 aromatic rings. The number of nitrogens with zero attached hydrogens (tertiary/aromatic N) is 2. The molecule has 0 saturated heterocycles. The van der Waals surface area contributed by atoms with Crippen LogP contribution in [0.25, 0.3) is 0 Å². The summed E-state index contributed by atoms with van der Waals surface area (Å²) in [6.45, 7) is 1.43. The monoisotopic (exact) mass is 462 g/mol. The van der Waals surface area contributed by atoms with Gasteiger partial charge in [0.1, 0.15) is 23.9 Å². The quantitative estimate of drug-likeness (QED) is 0.359. The summed E-state index contributed by atoms with van der Waals surface area (Å²) in [5.74, 6) is -1.03. The third kappa shape index (κ3) is 4.82. The summed E-state index contributed by atoms with van der Waals surface area (Å²) in [4.78, 5) is 36.9. The van der Waals surface area contributed by atoms with Crippen molar-refractivity contribution in [3.05, 3.63) is 68.4 Å². The first-order valence-corrected chi connectivity index (χ1v) is 9.61. The highest BCUT2D eigenvalue weighted by molar-refractivity contribution is 6.30. The van der Waals surface area contributed by atoms with Gasteiger partial charge < -0.3 is 23.8 Å². The van der Waals surface area contributed by atoms with Crippen molar-refractivity contribution in [3.8, 4) is 11.5 Å². The molecule has 0 N–H and O–H groups in total. The molecule has 1 aliphatic heterocycles. The van der Waals surface area contributed by atoms with E-state index in [-0.39, 0.29) is 41.7 Å². The van der Waals surface area contributed by atoms with Crippen molar-refractivity contribution >= 4 is 34.9 Å². The predicted molar refractivity (Wildman–Crippen MR) is 114 cm³/mol. The van der Waals surface area contributed by atoms with Crippen LogP contribution in [0.1, 0.15) is 5.56 Å². The summed E-state index contributed by atoms with van der Waals surface area (Å²) in [5, 5.41) is 12.1. The number of carbonyl (C=O) groups excluding carboxylic acids is 2. The number of non-ortho nitro benzene ring substituents is 1. The fraction of sp³-hybridized carbons (Fsp3) is 0.238. The van der Waals surface area contributed by atoms with E-state index in [2.05, 4.69) is 0 Å². The van der Waals surface area contributed by atoms with Crippen LogP contribution in [-0.2, 0) is 23.8 Å². The number of aryl methyl sites for hydroxylation is 1. The zero-order valence-electron chi connectivity index (χ0n) is 17.4. The highest BCUT2D eigenvalue weighted by Gasteiger charge is 2.33. The molecule has 0 fully saturated rings. The van der Waals surface area contributed by atoms with Gasteiger partial charge in [-0.15, -0.1) is 0 Å². The Hall–Kier alpha value is -3.63. The molecule has 0 atom stereocenters. The largest absolute Gasteiger partial charge is 0.466 e. The lowest BCUT2D eigenvalue weighted by molar-refractivity contribution is -0.384. The van der Waals surface area contributed by atoms with Gasteiger partial charge >= 0.3 is 11.9 Å². The van der Waals surface area contributed by atoms with Crippen LogP contribution in [0.5, 0.6) is 11.5 Å². The molecule has 0 amide bonds. The van der Waals surface area contributed by atoms with Gasteiger partial charge in [0.15, 0.2) is 0 Å². The van der Waals surface area contributed by atoms with Gasteiger partial charge in [-0.3, -0.25) is 10.1 Å². The molecule has 0 aromatic heterocycles. The van der Waals surface area contributed by atoms with Gasteiger partial charge in [-0.25, -0.2) is 9.59 Å². The lowest BCUT2D eigenvalue weighted by Gasteiger charge is -2.31. The molecule has 1 aliphatic rings. The minimum atomic E-state index is -0.823. The zero-order chi connectivity index (χ0) is 23.4. The number of rotatable bonds is 6. The molecule has 0 aliphatic carbocycles. The molecule has 32 heavy (non-hydrogen) atoms. The van der Waals surface area contributed by atoms with Gasteiger partial charge in [-0.05, 0) is 30.7 Å². The summed E-state index contributed by atoms with van der Waals surface area (Å²) in [7, 11) is 2.32. The summed E-state index contributed by atoms with van der Waals surface area (Å²) in [6.07, 6.45) is 0. The standard InChI is InChI=1S/C21H19ClN2O8/c1-12-6-13(22)4-5-18(12)32-16-8-14(7-15(9-16)24(27)28)23-11-31-10-17(20(25)29-2)19(23)21(26)30-3/h4-9H,10-11H2,1-3H3. The molecule has 3 rings (SSSR count). The molecule has 1 heterocycles. The van der Waals surface area contributed by atoms with Crippen LogP contribution < -0.4 is 9.64 Å². The Labute approximate surface area is 188 Å². The molecule has 0 radical (unpaired) electrons. The smallest absolute Gasteiger partial charge is 0.355 e. The summed E-state index contributed by atoms with van der Waals surface area (Å²) in [6, 6.07) is 8.90. The third-order valence-electron chi connectivity index (χ3n) is 4.60. The Morgan fingerprint density at radius 2 is 1.84 bits per heavy atom. The Bertz CT molecular complexity index is 1110. The summed E-state index contributed by atoms with van der Waals surface area (Å²) >= 11 is 5.97. The number of hydrogen-bond acceptors (Lipinski definition) is 9. The Kier molecular flexibility index (Phi) is 6.96. The minimum Gasteiger partial charge on any atom is -0.466 e. The maximum absolute atomic E-state index is 12.5. The molecule has 168 valence electrons. The van der Waals surface area contributed by atoms with E-state index in [4.69, 9.17) is 30.5 Å². The van der Waals surface area contributed by atoms with Gasteiger partial charge in [0.25, 0.3) is 5.69 Å². The number of nitro groups is 1. The van der Waals surface area contributed by atoms with Gasteiger partial charge in [0.05, 0.1) is 43.1 Å². The second kappa shape index (κ2) is 9.67. The molecule has 0 bridgehead atoms. The van der Waals surface area contributed by atoms with Gasteiger partial charge in [-0.1, -0.05) is 11.6 Å². The van der Waals surface area contributed by atoms with Crippen molar-refractivity contribution in [3.63, 3.8) is 0 Å². The second-order valence-corrected chi connectivity index (χ2v) is 7.11. The lowest BCUT2D eigenvalue weighted by Crippen LogP contribution is -2.38. The third-order valence-corrected chi connectivity index (χ3v) is 4.83. The fourth-order valence-electron chi connectivity index (χ4n) is 3.09. The molecule has 0 spiro atoms. The molecule has 11 heteroatoms. The highest BCUT2D eigenvalue weighted by Crippen LogP contribution is 2.36. The SMILES string of the molecule is COC(=O)C1=C(C(=O)OC)N(c2cc(Oc3ccc(Cl)cc3C)cc([N+](=O)[O-])c2)COC1. The molecule has 2 aromatic carbocycles. The first-order chi connectivity index (χ1) is 15.2. The van der Waals surface area contributed by atoms with E-state index in [1.54, 1.807) is 25.1 Å². The van der Waals surface area contributed by atoms with Crippen LogP contribution in [0, 0.1) is 17.0 Å². The average molecular weight is 463 g/mol. The molecule has 0 unspecified atom stereocenters. The number of nitro benzene ring substituents is 1. The van der Waals surface area contributed by atoms with Crippen molar-refractivity contribution in [2.75, 3.05) is 32.5 Å². The maximum atomic E-state index is 12.5. The summed E-state index contributed by atoms with van der Waals surface area (Å²) in [5.41, 5.74) is 0.392. The first kappa shape index (κ1) is 23.0. The predicted octanol–water partition coefficient (Wildman–Crippen LogP) is 3.74. The van der Waals surface area contributed by atoms with Crippen molar-refractivity contribution < 1.29 is 33.5 Å². The fourth-order valence-corrected chi connectivity index (χ4v) is 3.32. The van der Waals surface area contributed by atoms with E-state index in [0.29, 0.717) is 10.8 Å². The summed E-state index contributed by atoms with van der Waals surface area (Å²) < 4.78 is 20.8. The van der Waals surface area contributed by atoms with E-state index in [9.17, 15) is 19.7 Å². The van der Waals surface area contributed by atoms with E-state index in [1.807, 2.05) is 0 Å². The van der Waals surface area contributed by atoms with Crippen LogP contribution in [0.15, 0.2) is 47.7 Å². The highest BCUT2D eigenvalue weighted by atomic mass is 35.5. The number of hydrogen-bond donors (Lipinski definition) is 0. The van der Waals surface area contributed by atoms with Crippen LogP contribution >= 0.6 is 11.6 Å². The van der Waals surface area contributed by atoms with Gasteiger partial charge in [-0.2, -0.15) is 0 Å². The van der Waals surface area contributed by atoms with Crippen LogP contribution in [0.2, 0.25) is 5.02 Å². The van der Waals surface area contributed by atoms with E-state index in [0.717, 1.165) is 19.8 Å². The van der Waals surface area contributed by atoms with E-state index >= 15 is 0 Å². The Morgan fingerprint density at radius 3 is 2.47 bits per heavy atom. The van der Waals surface area contributed by atoms with Crippen molar-refractivity contribution in [1.29, 1.82) is 0 Å². The van der Waals surface area contributed by atoms with Crippen LogP contribution in [-0.4, -0.2) is 44.4 Å². The molecular formula is C21H19ClN2O8. The number of carbonyl (C=O) groups is 2. The minimum absolute atomic E-state index is 0.0758. The number of ether oxygens (including phenoxy) is 4. The van der Waals surface area contributed by atoms with Crippen molar-refractivity contribution in [2.45, 2.75) is 6.92 Å². The van der Waals surface area contributed by atoms with Crippen LogP contribution in [0.3, 0.4) is 0 Å². The Morgan fingerprint density at radius 1 is 1.12 bits per heavy atom. The van der Waals surface area contributed by atoms with Crippen LogP contribution in [0.4, 0.5) is 11.4 Å². The molecule has 10 nitrogen and oxygen atoms in total. The number of esters is 2. The van der Waals surface area contributed by atoms with E-state index in [1.165, 1.54) is 23.1 Å². The normalized spacial score (nSPS) is 13.6. The van der Waals surface area contributed by atoms with Gasteiger partial charge in [0, 0.05) is 17.2 Å². The van der Waals surface area contributed by atoms with E-state index < -0.39 is 16.9 Å². The second-order valence-electron chi connectivity index (χ2n) is 6.67. The number of halogens is 1. The molecule has 0 saturated carbocycles. The van der Waals surface area contributed by atoms with Gasteiger partial charge in [0.2, 0.25) is 0 Å². The first-order valence-electron chi connectivity index (χ1n) is 9.23. The zero-order valence-corrected chi connectivity index (χ0v) is 18.2. The Balaban J connectivity index is 2.12. The topological polar surface area (TPSA) is 117 Å². The molecular weight excluding hydrogens is 444 g/mol.